The number of oxazole rings is 1. The number of amides is 1. The van der Waals surface area contributed by atoms with Gasteiger partial charge in [0.05, 0.1) is 11.1 Å². The van der Waals surface area contributed by atoms with Gasteiger partial charge in [0.1, 0.15) is 11.3 Å². The van der Waals surface area contributed by atoms with Gasteiger partial charge in [-0.15, -0.1) is 0 Å². The summed E-state index contributed by atoms with van der Waals surface area (Å²) in [5.41, 5.74) is 4.79. The van der Waals surface area contributed by atoms with Crippen molar-refractivity contribution in [1.82, 2.24) is 4.98 Å². The molecule has 164 valence electrons. The molecule has 4 rings (SSSR count). The van der Waals surface area contributed by atoms with Gasteiger partial charge >= 0.3 is 0 Å². The summed E-state index contributed by atoms with van der Waals surface area (Å²) in [5.74, 6) is 1.05. The first kappa shape index (κ1) is 22.1. The first-order valence-corrected chi connectivity index (χ1v) is 11.3. The van der Waals surface area contributed by atoms with E-state index < -0.39 is 0 Å². The molecule has 0 aliphatic heterocycles. The van der Waals surface area contributed by atoms with E-state index in [1.165, 1.54) is 5.56 Å². The van der Waals surface area contributed by atoms with E-state index in [4.69, 9.17) is 9.15 Å². The van der Waals surface area contributed by atoms with E-state index in [1.54, 1.807) is 18.2 Å². The summed E-state index contributed by atoms with van der Waals surface area (Å²) in [7, 11) is 0. The highest BCUT2D eigenvalue weighted by atomic mass is 79.9. The molecule has 6 heteroatoms. The summed E-state index contributed by atoms with van der Waals surface area (Å²) >= 11 is 3.45. The first-order chi connectivity index (χ1) is 15.2. The van der Waals surface area contributed by atoms with E-state index in [9.17, 15) is 4.79 Å². The van der Waals surface area contributed by atoms with Crippen LogP contribution in [0.2, 0.25) is 0 Å². The number of ether oxygens (including phenoxy) is 1. The molecule has 1 N–H and O–H groups in total. The Bertz CT molecular complexity index is 1270. The SMILES string of the molecule is CCOc1ccc(C(=O)Nc2ccc3oc(-c4ccc(C(C)(C)C)cc4)nc3c2)cc1Br. The van der Waals surface area contributed by atoms with E-state index in [0.717, 1.165) is 10.0 Å². The number of hydrogen-bond donors (Lipinski definition) is 1. The lowest BCUT2D eigenvalue weighted by Crippen LogP contribution is -2.12. The zero-order valence-corrected chi connectivity index (χ0v) is 20.1. The van der Waals surface area contributed by atoms with E-state index in [0.29, 0.717) is 40.6 Å². The average molecular weight is 493 g/mol. The van der Waals surface area contributed by atoms with Gasteiger partial charge in [0.15, 0.2) is 5.58 Å². The van der Waals surface area contributed by atoms with Crippen LogP contribution in [0.5, 0.6) is 5.75 Å². The summed E-state index contributed by atoms with van der Waals surface area (Å²) in [5, 5.41) is 2.92. The molecule has 0 saturated carbocycles. The fourth-order valence-electron chi connectivity index (χ4n) is 3.36. The topological polar surface area (TPSA) is 64.4 Å². The monoisotopic (exact) mass is 492 g/mol. The molecule has 0 saturated heterocycles. The van der Waals surface area contributed by atoms with Gasteiger partial charge in [-0.2, -0.15) is 0 Å². The molecule has 1 amide bonds. The fraction of sp³-hybridized carbons (Fsp3) is 0.231. The second kappa shape index (κ2) is 8.79. The van der Waals surface area contributed by atoms with Crippen molar-refractivity contribution in [1.29, 1.82) is 0 Å². The van der Waals surface area contributed by atoms with Crippen molar-refractivity contribution in [3.8, 4) is 17.2 Å². The molecule has 0 unspecified atom stereocenters. The van der Waals surface area contributed by atoms with Crippen LogP contribution < -0.4 is 10.1 Å². The minimum Gasteiger partial charge on any atom is -0.493 e. The zero-order valence-electron chi connectivity index (χ0n) is 18.5. The number of benzene rings is 3. The number of fused-ring (bicyclic) bond motifs is 1. The Hall–Kier alpha value is -3.12. The van der Waals surface area contributed by atoms with Crippen LogP contribution >= 0.6 is 15.9 Å². The normalized spacial score (nSPS) is 11.5. The van der Waals surface area contributed by atoms with E-state index in [1.807, 2.05) is 37.3 Å². The van der Waals surface area contributed by atoms with Crippen molar-refractivity contribution in [2.45, 2.75) is 33.1 Å². The van der Waals surface area contributed by atoms with Gasteiger partial charge in [0.2, 0.25) is 5.89 Å². The molecule has 0 aliphatic rings. The number of anilines is 1. The van der Waals surface area contributed by atoms with Gasteiger partial charge in [0, 0.05) is 16.8 Å². The number of aromatic nitrogens is 1. The summed E-state index contributed by atoms with van der Waals surface area (Å²) < 4.78 is 12.2. The Labute approximate surface area is 195 Å². The van der Waals surface area contributed by atoms with Crippen LogP contribution in [0.15, 0.2) is 69.6 Å². The molecule has 4 aromatic rings. The van der Waals surface area contributed by atoms with Gasteiger partial charge in [-0.25, -0.2) is 4.98 Å². The smallest absolute Gasteiger partial charge is 0.255 e. The van der Waals surface area contributed by atoms with E-state index in [-0.39, 0.29) is 11.3 Å². The van der Waals surface area contributed by atoms with E-state index in [2.05, 4.69) is 59.1 Å². The lowest BCUT2D eigenvalue weighted by molar-refractivity contribution is 0.102. The van der Waals surface area contributed by atoms with Crippen molar-refractivity contribution in [2.75, 3.05) is 11.9 Å². The fourth-order valence-corrected chi connectivity index (χ4v) is 3.85. The first-order valence-electron chi connectivity index (χ1n) is 10.5. The van der Waals surface area contributed by atoms with Crippen LogP contribution in [0.25, 0.3) is 22.6 Å². The summed E-state index contributed by atoms with van der Waals surface area (Å²) in [6.07, 6.45) is 0. The maximum Gasteiger partial charge on any atom is 0.255 e. The van der Waals surface area contributed by atoms with Crippen molar-refractivity contribution < 1.29 is 13.9 Å². The van der Waals surface area contributed by atoms with Crippen molar-refractivity contribution in [3.05, 3.63) is 76.3 Å². The number of carbonyl (C=O) groups is 1. The Kier molecular flexibility index (Phi) is 6.07. The van der Waals surface area contributed by atoms with Crippen LogP contribution in [-0.2, 0) is 5.41 Å². The summed E-state index contributed by atoms with van der Waals surface area (Å²) in [6, 6.07) is 19.0. The molecule has 3 aromatic carbocycles. The Morgan fingerprint density at radius 1 is 1.06 bits per heavy atom. The van der Waals surface area contributed by atoms with Gasteiger partial charge in [-0.1, -0.05) is 32.9 Å². The second-order valence-corrected chi connectivity index (χ2v) is 9.42. The average Bonchev–Trinajstić information content (AvgIpc) is 3.18. The van der Waals surface area contributed by atoms with E-state index >= 15 is 0 Å². The van der Waals surface area contributed by atoms with Crippen LogP contribution in [-0.4, -0.2) is 17.5 Å². The number of nitrogens with one attached hydrogen (secondary N) is 1. The predicted octanol–water partition coefficient (Wildman–Crippen LogP) is 7.21. The maximum absolute atomic E-state index is 12.7. The van der Waals surface area contributed by atoms with Crippen LogP contribution in [0.1, 0.15) is 43.6 Å². The molecule has 0 aliphatic carbocycles. The Morgan fingerprint density at radius 2 is 1.81 bits per heavy atom. The molecule has 5 nitrogen and oxygen atoms in total. The standard InChI is InChI=1S/C26H25BrN2O3/c1-5-31-22-12-8-17(14-20(22)27)24(30)28-19-11-13-23-21(15-19)29-25(32-23)16-6-9-18(10-7-16)26(2,3)4/h6-15H,5H2,1-4H3,(H,28,30). The van der Waals surface area contributed by atoms with Gasteiger partial charge < -0.3 is 14.5 Å². The predicted molar refractivity (Wildman–Crippen MR) is 131 cm³/mol. The molecule has 0 radical (unpaired) electrons. The third-order valence-corrected chi connectivity index (χ3v) is 5.76. The summed E-state index contributed by atoms with van der Waals surface area (Å²) in [6.45, 7) is 9.03. The highest BCUT2D eigenvalue weighted by molar-refractivity contribution is 9.10. The number of carbonyl (C=O) groups excluding carboxylic acids is 1. The van der Waals surface area contributed by atoms with Crippen LogP contribution in [0.3, 0.4) is 0 Å². The quantitative estimate of drug-likeness (QED) is 0.319. The molecule has 32 heavy (non-hydrogen) atoms. The molecule has 0 atom stereocenters. The number of rotatable bonds is 5. The molecule has 1 aromatic heterocycles. The summed E-state index contributed by atoms with van der Waals surface area (Å²) in [4.78, 5) is 17.3. The third kappa shape index (κ3) is 4.70. The highest BCUT2D eigenvalue weighted by Gasteiger charge is 2.15. The second-order valence-electron chi connectivity index (χ2n) is 8.56. The highest BCUT2D eigenvalue weighted by Crippen LogP contribution is 2.30. The van der Waals surface area contributed by atoms with Crippen molar-refractivity contribution in [3.63, 3.8) is 0 Å². The van der Waals surface area contributed by atoms with Gasteiger partial charge in [-0.05, 0) is 82.4 Å². The Morgan fingerprint density at radius 3 is 2.47 bits per heavy atom. The number of halogens is 1. The largest absolute Gasteiger partial charge is 0.493 e. The maximum atomic E-state index is 12.7. The Balaban J connectivity index is 1.54. The molecule has 0 fully saturated rings. The lowest BCUT2D eigenvalue weighted by atomic mass is 9.87. The minimum atomic E-state index is -0.213. The van der Waals surface area contributed by atoms with Crippen LogP contribution in [0, 0.1) is 0 Å². The van der Waals surface area contributed by atoms with Crippen molar-refractivity contribution >= 4 is 38.6 Å². The molecule has 0 spiro atoms. The van der Waals surface area contributed by atoms with Crippen LogP contribution in [0.4, 0.5) is 5.69 Å². The number of nitrogens with zero attached hydrogens (tertiary/aromatic N) is 1. The molecule has 1 heterocycles. The molecular formula is C26H25BrN2O3. The lowest BCUT2D eigenvalue weighted by Gasteiger charge is -2.18. The molecule has 0 bridgehead atoms. The van der Waals surface area contributed by atoms with Gasteiger partial charge in [-0.3, -0.25) is 4.79 Å². The van der Waals surface area contributed by atoms with Gasteiger partial charge in [0.25, 0.3) is 5.91 Å². The van der Waals surface area contributed by atoms with Crippen molar-refractivity contribution in [2.24, 2.45) is 0 Å². The minimum absolute atomic E-state index is 0.0892. The third-order valence-electron chi connectivity index (χ3n) is 5.14. The number of hydrogen-bond acceptors (Lipinski definition) is 4. The molecular weight excluding hydrogens is 468 g/mol. The zero-order chi connectivity index (χ0) is 22.9.